The third kappa shape index (κ3) is 8.37. The van der Waals surface area contributed by atoms with Crippen molar-refractivity contribution in [3.8, 4) is 5.75 Å². The Morgan fingerprint density at radius 1 is 0.767 bits per heavy atom. The molecule has 0 aliphatic rings. The molecule has 0 spiro atoms. The number of aromatic hydroxyl groups is 1. The summed E-state index contributed by atoms with van der Waals surface area (Å²) in [5.41, 5.74) is 5.60. The monoisotopic (exact) mass is 575 g/mol. The predicted molar refractivity (Wildman–Crippen MR) is 172 cm³/mol. The van der Waals surface area contributed by atoms with Crippen molar-refractivity contribution in [1.82, 2.24) is 24.8 Å². The minimum Gasteiger partial charge on any atom is -0.506 e. The van der Waals surface area contributed by atoms with Crippen molar-refractivity contribution in [2.45, 2.75) is 59.3 Å². The van der Waals surface area contributed by atoms with E-state index >= 15 is 0 Å². The number of nitrogens with one attached hydrogen (secondary N) is 1. The van der Waals surface area contributed by atoms with E-state index < -0.39 is 0 Å². The van der Waals surface area contributed by atoms with Crippen LogP contribution in [-0.4, -0.2) is 48.7 Å². The number of aromatic amines is 1. The maximum absolute atomic E-state index is 13.1. The van der Waals surface area contributed by atoms with E-state index in [4.69, 9.17) is 4.98 Å². The van der Waals surface area contributed by atoms with Gasteiger partial charge in [0.15, 0.2) is 5.78 Å². The number of ketones is 1. The van der Waals surface area contributed by atoms with Gasteiger partial charge in [-0.25, -0.2) is 9.97 Å². The number of carbonyl (C=O) groups excluding carboxylic acids is 1. The summed E-state index contributed by atoms with van der Waals surface area (Å²) in [5, 5.41) is 11.2. The van der Waals surface area contributed by atoms with Crippen molar-refractivity contribution < 1.29 is 9.90 Å². The average molecular weight is 576 g/mol. The van der Waals surface area contributed by atoms with Gasteiger partial charge in [-0.2, -0.15) is 0 Å². The van der Waals surface area contributed by atoms with E-state index in [0.717, 1.165) is 60.5 Å². The smallest absolute Gasteiger partial charge is 0.167 e. The van der Waals surface area contributed by atoms with Gasteiger partial charge in [0.05, 0.1) is 12.2 Å². The molecule has 0 fully saturated rings. The van der Waals surface area contributed by atoms with Crippen LogP contribution in [0, 0.1) is 0 Å². The normalized spacial score (nSPS) is 11.5. The van der Waals surface area contributed by atoms with Gasteiger partial charge in [-0.3, -0.25) is 14.6 Å². The number of hydrogen-bond donors (Lipinski definition) is 2. The first-order valence-corrected chi connectivity index (χ1v) is 15.2. The zero-order chi connectivity index (χ0) is 30.0. The fourth-order valence-electron chi connectivity index (χ4n) is 5.52. The van der Waals surface area contributed by atoms with Gasteiger partial charge in [-0.05, 0) is 54.8 Å². The van der Waals surface area contributed by atoms with E-state index in [-0.39, 0.29) is 11.5 Å². The number of rotatable bonds is 15. The summed E-state index contributed by atoms with van der Waals surface area (Å²) < 4.78 is 0. The van der Waals surface area contributed by atoms with E-state index in [2.05, 4.69) is 57.9 Å². The molecule has 0 unspecified atom stereocenters. The molecule has 5 aromatic rings. The van der Waals surface area contributed by atoms with Gasteiger partial charge in [0.1, 0.15) is 17.1 Å². The largest absolute Gasteiger partial charge is 0.506 e. The standard InChI is InChI=1S/C36H41N5O2/c1-3-20-40(21-4-2)23-28-10-8-27(9-11-28)22-34(43)30-14-12-29(13-15-30)24-41(26-35-37-18-19-38-35)25-32-17-16-31-6-5-7-33(42)36(31)39-32/h5-19,42H,3-4,20-26H2,1-2H3,(H,37,38). The summed E-state index contributed by atoms with van der Waals surface area (Å²) in [6, 6.07) is 25.8. The molecule has 43 heavy (non-hydrogen) atoms. The van der Waals surface area contributed by atoms with Gasteiger partial charge >= 0.3 is 0 Å². The number of aromatic nitrogens is 3. The van der Waals surface area contributed by atoms with Crippen molar-refractivity contribution in [2.24, 2.45) is 0 Å². The SMILES string of the molecule is CCCN(CCC)Cc1ccc(CC(=O)c2ccc(CN(Cc3ccc4cccc(O)c4n3)Cc3ncc[nH]3)cc2)cc1. The Kier molecular flexibility index (Phi) is 10.3. The first kappa shape index (κ1) is 30.1. The number of pyridine rings is 1. The zero-order valence-corrected chi connectivity index (χ0v) is 25.2. The topological polar surface area (TPSA) is 85.3 Å². The molecule has 0 saturated carbocycles. The highest BCUT2D eigenvalue weighted by Gasteiger charge is 2.14. The molecule has 7 nitrogen and oxygen atoms in total. The lowest BCUT2D eigenvalue weighted by molar-refractivity contribution is 0.0993. The minimum atomic E-state index is 0.116. The van der Waals surface area contributed by atoms with E-state index in [1.54, 1.807) is 12.3 Å². The van der Waals surface area contributed by atoms with Crippen LogP contribution in [0.2, 0.25) is 0 Å². The number of H-pyrrole nitrogens is 1. The van der Waals surface area contributed by atoms with Crippen LogP contribution in [0.1, 0.15) is 65.3 Å². The van der Waals surface area contributed by atoms with Crippen LogP contribution in [0.5, 0.6) is 5.75 Å². The molecule has 0 aliphatic heterocycles. The molecule has 0 bridgehead atoms. The summed E-state index contributed by atoms with van der Waals surface area (Å²) >= 11 is 0. The number of phenolic OH excluding ortho intramolecular Hbond substituents is 1. The quantitative estimate of drug-likeness (QED) is 0.132. The van der Waals surface area contributed by atoms with Gasteiger partial charge in [0.2, 0.25) is 0 Å². The third-order valence-corrected chi connectivity index (χ3v) is 7.63. The Morgan fingerprint density at radius 3 is 2.12 bits per heavy atom. The Balaban J connectivity index is 1.22. The molecule has 7 heteroatoms. The molecule has 0 atom stereocenters. The van der Waals surface area contributed by atoms with Crippen LogP contribution in [0.25, 0.3) is 10.9 Å². The number of imidazole rings is 1. The lowest BCUT2D eigenvalue weighted by Gasteiger charge is -2.21. The zero-order valence-electron chi connectivity index (χ0n) is 25.2. The first-order chi connectivity index (χ1) is 21.0. The number of para-hydroxylation sites is 1. The van der Waals surface area contributed by atoms with E-state index in [0.29, 0.717) is 37.1 Å². The number of nitrogens with zero attached hydrogens (tertiary/aromatic N) is 4. The molecule has 2 N–H and O–H groups in total. The van der Waals surface area contributed by atoms with Crippen LogP contribution in [0.3, 0.4) is 0 Å². The minimum absolute atomic E-state index is 0.116. The van der Waals surface area contributed by atoms with Gasteiger partial charge in [0, 0.05) is 49.4 Å². The second-order valence-electron chi connectivity index (χ2n) is 11.2. The fraction of sp³-hybridized carbons (Fsp3) is 0.306. The van der Waals surface area contributed by atoms with Gasteiger partial charge in [-0.15, -0.1) is 0 Å². The number of carbonyl (C=O) groups is 1. The summed E-state index contributed by atoms with van der Waals surface area (Å²) in [4.78, 5) is 30.2. The van der Waals surface area contributed by atoms with Gasteiger partial charge in [-0.1, -0.05) is 80.6 Å². The molecule has 5 rings (SSSR count). The van der Waals surface area contributed by atoms with Crippen molar-refractivity contribution in [1.29, 1.82) is 0 Å². The Labute approximate surface area is 254 Å². The van der Waals surface area contributed by atoms with Gasteiger partial charge < -0.3 is 10.1 Å². The van der Waals surface area contributed by atoms with E-state index in [1.807, 2.05) is 54.7 Å². The van der Waals surface area contributed by atoms with Crippen molar-refractivity contribution in [3.05, 3.63) is 125 Å². The second-order valence-corrected chi connectivity index (χ2v) is 11.2. The maximum atomic E-state index is 13.1. The van der Waals surface area contributed by atoms with Crippen LogP contribution >= 0.6 is 0 Å². The lowest BCUT2D eigenvalue weighted by atomic mass is 10.0. The number of benzene rings is 3. The van der Waals surface area contributed by atoms with Crippen LogP contribution in [0.15, 0.2) is 91.3 Å². The summed E-state index contributed by atoms with van der Waals surface area (Å²) in [5.74, 6) is 1.16. The summed E-state index contributed by atoms with van der Waals surface area (Å²) in [6.45, 7) is 9.45. The highest BCUT2D eigenvalue weighted by molar-refractivity contribution is 5.97. The number of hydrogen-bond acceptors (Lipinski definition) is 6. The highest BCUT2D eigenvalue weighted by Crippen LogP contribution is 2.23. The Morgan fingerprint density at radius 2 is 1.44 bits per heavy atom. The molecule has 0 saturated heterocycles. The third-order valence-electron chi connectivity index (χ3n) is 7.63. The predicted octanol–water partition coefficient (Wildman–Crippen LogP) is 6.91. The molecule has 3 aromatic carbocycles. The molecule has 2 aromatic heterocycles. The van der Waals surface area contributed by atoms with E-state index in [1.165, 1.54) is 5.56 Å². The van der Waals surface area contributed by atoms with Crippen molar-refractivity contribution >= 4 is 16.7 Å². The fourth-order valence-corrected chi connectivity index (χ4v) is 5.52. The van der Waals surface area contributed by atoms with Crippen LogP contribution in [-0.2, 0) is 32.6 Å². The summed E-state index contributed by atoms with van der Waals surface area (Å²) in [7, 11) is 0. The first-order valence-electron chi connectivity index (χ1n) is 15.2. The molecule has 0 amide bonds. The molecule has 0 radical (unpaired) electrons. The maximum Gasteiger partial charge on any atom is 0.167 e. The lowest BCUT2D eigenvalue weighted by Crippen LogP contribution is -2.24. The summed E-state index contributed by atoms with van der Waals surface area (Å²) in [6.07, 6.45) is 6.27. The number of Topliss-reactive ketones (excluding diaryl/α,β-unsaturated/α-hetero) is 1. The molecular formula is C36H41N5O2. The number of phenols is 1. The molecule has 222 valence electrons. The van der Waals surface area contributed by atoms with E-state index in [9.17, 15) is 9.90 Å². The Bertz CT molecular complexity index is 1590. The number of fused-ring (bicyclic) bond motifs is 1. The molecule has 0 aliphatic carbocycles. The highest BCUT2D eigenvalue weighted by atomic mass is 16.3. The van der Waals surface area contributed by atoms with Gasteiger partial charge in [0.25, 0.3) is 0 Å². The van der Waals surface area contributed by atoms with Crippen molar-refractivity contribution in [3.63, 3.8) is 0 Å². The average Bonchev–Trinajstić information content (AvgIpc) is 3.52. The second kappa shape index (κ2) is 14.7. The molecular weight excluding hydrogens is 534 g/mol. The van der Waals surface area contributed by atoms with Crippen LogP contribution in [0.4, 0.5) is 0 Å². The Hall–Kier alpha value is -4.33. The van der Waals surface area contributed by atoms with Crippen LogP contribution < -0.4 is 0 Å². The molecule has 2 heterocycles. The van der Waals surface area contributed by atoms with Crippen molar-refractivity contribution in [2.75, 3.05) is 13.1 Å².